The van der Waals surface area contributed by atoms with Crippen LogP contribution in [0.5, 0.6) is 0 Å². The molecule has 86 valence electrons. The zero-order valence-electron chi connectivity index (χ0n) is 9.40. The highest BCUT2D eigenvalue weighted by molar-refractivity contribution is 5.72. The summed E-state index contributed by atoms with van der Waals surface area (Å²) in [5, 5.41) is 8.98. The second-order valence-electron chi connectivity index (χ2n) is 4.92. The first kappa shape index (κ1) is 10.9. The first-order chi connectivity index (χ1) is 7.03. The summed E-state index contributed by atoms with van der Waals surface area (Å²) in [4.78, 5) is 12.9. The maximum atomic E-state index is 10.9. The van der Waals surface area contributed by atoms with E-state index in [2.05, 4.69) is 6.92 Å². The van der Waals surface area contributed by atoms with Gasteiger partial charge in [0.25, 0.3) is 0 Å². The molecule has 1 saturated carbocycles. The highest BCUT2D eigenvalue weighted by atomic mass is 16.5. The molecule has 1 heterocycles. The number of morpholine rings is 1. The molecule has 1 aliphatic heterocycles. The Hall–Kier alpha value is -0.610. The van der Waals surface area contributed by atoms with Gasteiger partial charge >= 0.3 is 5.97 Å². The molecule has 2 atom stereocenters. The van der Waals surface area contributed by atoms with Crippen LogP contribution in [-0.2, 0) is 9.53 Å². The van der Waals surface area contributed by atoms with Crippen molar-refractivity contribution in [2.75, 3.05) is 19.7 Å². The predicted octanol–water partition coefficient (Wildman–Crippen LogP) is 0.960. The standard InChI is InChI=1S/C11H19NO3/c1-8(10(13)14)12-5-6-15-11(2,7-12)9-3-4-9/h8-9H,3-7H2,1-2H3,(H,13,14). The molecule has 1 N–H and O–H groups in total. The van der Waals surface area contributed by atoms with Crippen LogP contribution in [0.3, 0.4) is 0 Å². The fraction of sp³-hybridized carbons (Fsp3) is 0.909. The summed E-state index contributed by atoms with van der Waals surface area (Å²) in [7, 11) is 0. The molecule has 4 heteroatoms. The Kier molecular flexibility index (Phi) is 2.73. The van der Waals surface area contributed by atoms with Gasteiger partial charge in [-0.1, -0.05) is 0 Å². The van der Waals surface area contributed by atoms with E-state index in [-0.39, 0.29) is 5.60 Å². The number of ether oxygens (including phenoxy) is 1. The number of carboxylic acids is 1. The fourth-order valence-electron chi connectivity index (χ4n) is 2.35. The molecule has 0 spiro atoms. The molecule has 1 saturated heterocycles. The Morgan fingerprint density at radius 2 is 2.27 bits per heavy atom. The van der Waals surface area contributed by atoms with Gasteiger partial charge in [0, 0.05) is 13.1 Å². The van der Waals surface area contributed by atoms with Gasteiger partial charge in [-0.2, -0.15) is 0 Å². The summed E-state index contributed by atoms with van der Waals surface area (Å²) in [6.07, 6.45) is 2.46. The molecule has 0 aromatic rings. The lowest BCUT2D eigenvalue weighted by Crippen LogP contribution is -2.55. The number of rotatable bonds is 3. The van der Waals surface area contributed by atoms with E-state index < -0.39 is 12.0 Å². The molecule has 2 rings (SSSR count). The second kappa shape index (κ2) is 3.76. The van der Waals surface area contributed by atoms with Gasteiger partial charge in [-0.05, 0) is 32.6 Å². The van der Waals surface area contributed by atoms with Crippen molar-refractivity contribution < 1.29 is 14.6 Å². The maximum absolute atomic E-state index is 10.9. The number of aliphatic carboxylic acids is 1. The summed E-state index contributed by atoms with van der Waals surface area (Å²) < 4.78 is 5.81. The summed E-state index contributed by atoms with van der Waals surface area (Å²) in [6.45, 7) is 6.01. The molecular formula is C11H19NO3. The van der Waals surface area contributed by atoms with E-state index in [4.69, 9.17) is 9.84 Å². The number of nitrogens with zero attached hydrogens (tertiary/aromatic N) is 1. The van der Waals surface area contributed by atoms with Gasteiger partial charge in [-0.15, -0.1) is 0 Å². The Morgan fingerprint density at radius 1 is 1.60 bits per heavy atom. The van der Waals surface area contributed by atoms with Crippen LogP contribution < -0.4 is 0 Å². The second-order valence-corrected chi connectivity index (χ2v) is 4.92. The SMILES string of the molecule is CC(C(=O)O)N1CCOC(C)(C2CC2)C1. The summed E-state index contributed by atoms with van der Waals surface area (Å²) in [6, 6.07) is -0.396. The van der Waals surface area contributed by atoms with E-state index >= 15 is 0 Å². The smallest absolute Gasteiger partial charge is 0.320 e. The van der Waals surface area contributed by atoms with Gasteiger partial charge in [0.1, 0.15) is 6.04 Å². The minimum Gasteiger partial charge on any atom is -0.480 e. The first-order valence-corrected chi connectivity index (χ1v) is 5.64. The normalized spacial score (nSPS) is 35.1. The Labute approximate surface area is 90.2 Å². The molecule has 2 aliphatic rings. The molecule has 0 radical (unpaired) electrons. The quantitative estimate of drug-likeness (QED) is 0.758. The zero-order chi connectivity index (χ0) is 11.1. The van der Waals surface area contributed by atoms with Gasteiger partial charge in [0.2, 0.25) is 0 Å². The van der Waals surface area contributed by atoms with Crippen LogP contribution in [0.25, 0.3) is 0 Å². The highest BCUT2D eigenvalue weighted by Gasteiger charge is 2.46. The predicted molar refractivity (Wildman–Crippen MR) is 55.8 cm³/mol. The molecule has 0 bridgehead atoms. The third-order valence-electron chi connectivity index (χ3n) is 3.67. The van der Waals surface area contributed by atoms with Crippen molar-refractivity contribution in [1.29, 1.82) is 0 Å². The lowest BCUT2D eigenvalue weighted by atomic mass is 9.97. The average Bonchev–Trinajstić information content (AvgIpc) is 2.99. The summed E-state index contributed by atoms with van der Waals surface area (Å²) in [5.41, 5.74) is -0.109. The number of hydrogen-bond acceptors (Lipinski definition) is 3. The molecule has 2 fully saturated rings. The monoisotopic (exact) mass is 213 g/mol. The number of hydrogen-bond donors (Lipinski definition) is 1. The Bertz CT molecular complexity index is 265. The molecule has 2 unspecified atom stereocenters. The van der Waals surface area contributed by atoms with E-state index in [1.165, 1.54) is 12.8 Å². The molecule has 4 nitrogen and oxygen atoms in total. The van der Waals surface area contributed by atoms with E-state index in [1.807, 2.05) is 4.90 Å². The topological polar surface area (TPSA) is 49.8 Å². The van der Waals surface area contributed by atoms with Crippen molar-refractivity contribution in [2.24, 2.45) is 5.92 Å². The van der Waals surface area contributed by atoms with Crippen molar-refractivity contribution >= 4 is 5.97 Å². The third-order valence-corrected chi connectivity index (χ3v) is 3.67. The van der Waals surface area contributed by atoms with Crippen LogP contribution in [-0.4, -0.2) is 47.3 Å². The number of carbonyl (C=O) groups is 1. The molecule has 0 aromatic heterocycles. The third kappa shape index (κ3) is 2.16. The van der Waals surface area contributed by atoms with Crippen LogP contribution >= 0.6 is 0 Å². The van der Waals surface area contributed by atoms with Crippen molar-refractivity contribution in [3.05, 3.63) is 0 Å². The maximum Gasteiger partial charge on any atom is 0.320 e. The van der Waals surface area contributed by atoms with Crippen LogP contribution in [0, 0.1) is 5.92 Å². The average molecular weight is 213 g/mol. The van der Waals surface area contributed by atoms with E-state index in [1.54, 1.807) is 6.92 Å². The Balaban J connectivity index is 2.00. The van der Waals surface area contributed by atoms with Gasteiger partial charge < -0.3 is 9.84 Å². The Morgan fingerprint density at radius 3 is 2.80 bits per heavy atom. The number of carboxylic acid groups (broad SMARTS) is 1. The van der Waals surface area contributed by atoms with Crippen molar-refractivity contribution in [1.82, 2.24) is 4.90 Å². The van der Waals surface area contributed by atoms with Crippen molar-refractivity contribution in [3.8, 4) is 0 Å². The highest BCUT2D eigenvalue weighted by Crippen LogP contribution is 2.43. The summed E-state index contributed by atoms with van der Waals surface area (Å²) >= 11 is 0. The van der Waals surface area contributed by atoms with Gasteiger partial charge in [-0.25, -0.2) is 0 Å². The van der Waals surface area contributed by atoms with Gasteiger partial charge in [-0.3, -0.25) is 9.69 Å². The van der Waals surface area contributed by atoms with Crippen LogP contribution in [0.15, 0.2) is 0 Å². The van der Waals surface area contributed by atoms with Gasteiger partial charge in [0.15, 0.2) is 0 Å². The van der Waals surface area contributed by atoms with E-state index in [0.29, 0.717) is 12.5 Å². The molecular weight excluding hydrogens is 194 g/mol. The fourth-order valence-corrected chi connectivity index (χ4v) is 2.35. The molecule has 1 aliphatic carbocycles. The minimum atomic E-state index is -0.741. The van der Waals surface area contributed by atoms with Crippen LogP contribution in [0.1, 0.15) is 26.7 Å². The van der Waals surface area contributed by atoms with Crippen LogP contribution in [0.4, 0.5) is 0 Å². The summed E-state index contributed by atoms with van der Waals surface area (Å²) in [5.74, 6) is -0.101. The van der Waals surface area contributed by atoms with Gasteiger partial charge in [0.05, 0.1) is 12.2 Å². The minimum absolute atomic E-state index is 0.109. The van der Waals surface area contributed by atoms with E-state index in [0.717, 1.165) is 13.1 Å². The first-order valence-electron chi connectivity index (χ1n) is 5.64. The lowest BCUT2D eigenvalue weighted by Gasteiger charge is -2.42. The lowest BCUT2D eigenvalue weighted by molar-refractivity contribution is -0.153. The molecule has 0 aromatic carbocycles. The van der Waals surface area contributed by atoms with Crippen molar-refractivity contribution in [3.63, 3.8) is 0 Å². The van der Waals surface area contributed by atoms with Crippen LogP contribution in [0.2, 0.25) is 0 Å². The molecule has 15 heavy (non-hydrogen) atoms. The molecule has 0 amide bonds. The largest absolute Gasteiger partial charge is 0.480 e. The van der Waals surface area contributed by atoms with Crippen molar-refractivity contribution in [2.45, 2.75) is 38.3 Å². The zero-order valence-corrected chi connectivity index (χ0v) is 9.40. The van der Waals surface area contributed by atoms with E-state index in [9.17, 15) is 4.79 Å².